The molecule has 0 spiro atoms. The fraction of sp³-hybridized carbons (Fsp3) is 0.286. The number of hydrogen-bond donors (Lipinski definition) is 2. The lowest BCUT2D eigenvalue weighted by atomic mass is 10.0. The predicted molar refractivity (Wildman–Crippen MR) is 104 cm³/mol. The molecule has 0 radical (unpaired) electrons. The molecule has 1 aliphatic heterocycles. The molecule has 0 aliphatic carbocycles. The Morgan fingerprint density at radius 1 is 1.38 bits per heavy atom. The summed E-state index contributed by atoms with van der Waals surface area (Å²) in [4.78, 5) is 11.6. The van der Waals surface area contributed by atoms with Gasteiger partial charge in [0.1, 0.15) is 22.9 Å². The Labute approximate surface area is 167 Å². The number of nitrogens with two attached hydrogens (primary N) is 1. The van der Waals surface area contributed by atoms with Crippen LogP contribution >= 0.6 is 0 Å². The summed E-state index contributed by atoms with van der Waals surface area (Å²) >= 11 is 0. The molecular formula is C21H20N4O4. The van der Waals surface area contributed by atoms with Crippen LogP contribution in [0.4, 0.5) is 0 Å². The summed E-state index contributed by atoms with van der Waals surface area (Å²) in [6.45, 7) is 5.73. The van der Waals surface area contributed by atoms with Gasteiger partial charge in [0.05, 0.1) is 12.3 Å². The van der Waals surface area contributed by atoms with Crippen LogP contribution in [0.15, 0.2) is 34.9 Å². The van der Waals surface area contributed by atoms with Gasteiger partial charge in [-0.1, -0.05) is 23.9 Å². The highest BCUT2D eigenvalue weighted by atomic mass is 16.5. The smallest absolute Gasteiger partial charge is 0.269 e. The SMILES string of the molecule is Cc1cc(C(C)(O)C#Cc2ccc3c(c2)-n2nc(C(N)=O)cc2[C@@H](C)CO3)no1. The molecule has 1 aromatic carbocycles. The third kappa shape index (κ3) is 3.48. The summed E-state index contributed by atoms with van der Waals surface area (Å²) in [5.74, 6) is 6.44. The molecule has 3 heterocycles. The van der Waals surface area contributed by atoms with Crippen molar-refractivity contribution in [2.75, 3.05) is 6.61 Å². The Bertz CT molecular complexity index is 1160. The number of rotatable bonds is 2. The number of fused-ring (bicyclic) bond motifs is 3. The molecule has 0 fully saturated rings. The van der Waals surface area contributed by atoms with Gasteiger partial charge in [-0.3, -0.25) is 4.79 Å². The first-order valence-electron chi connectivity index (χ1n) is 9.11. The van der Waals surface area contributed by atoms with Crippen molar-refractivity contribution in [2.45, 2.75) is 32.3 Å². The van der Waals surface area contributed by atoms with Crippen LogP contribution in [0.1, 0.15) is 53.0 Å². The number of nitrogens with zero attached hydrogens (tertiary/aromatic N) is 3. The summed E-state index contributed by atoms with van der Waals surface area (Å²) in [5.41, 5.74) is 6.60. The predicted octanol–water partition coefficient (Wildman–Crippen LogP) is 2.02. The summed E-state index contributed by atoms with van der Waals surface area (Å²) < 4.78 is 12.6. The van der Waals surface area contributed by atoms with Gasteiger partial charge in [0.2, 0.25) is 0 Å². The molecule has 148 valence electrons. The quantitative estimate of drug-likeness (QED) is 0.645. The first-order chi connectivity index (χ1) is 13.7. The van der Waals surface area contributed by atoms with Gasteiger partial charge in [-0.2, -0.15) is 5.10 Å². The van der Waals surface area contributed by atoms with Gasteiger partial charge >= 0.3 is 0 Å². The van der Waals surface area contributed by atoms with E-state index in [-0.39, 0.29) is 11.6 Å². The number of aromatic nitrogens is 3. The van der Waals surface area contributed by atoms with Crippen LogP contribution in [0.3, 0.4) is 0 Å². The van der Waals surface area contributed by atoms with Gasteiger partial charge in [0.15, 0.2) is 11.3 Å². The maximum Gasteiger partial charge on any atom is 0.269 e. The van der Waals surface area contributed by atoms with Crippen molar-refractivity contribution in [3.8, 4) is 23.3 Å². The van der Waals surface area contributed by atoms with Gasteiger partial charge in [-0.05, 0) is 38.1 Å². The monoisotopic (exact) mass is 392 g/mol. The van der Waals surface area contributed by atoms with E-state index in [4.69, 9.17) is 15.0 Å². The standard InChI is InChI=1S/C21H20N4O4/c1-12-11-28-18-5-4-14(6-7-21(3,27)19-8-13(2)29-24-19)9-17(18)25-16(12)10-15(23-25)20(22)26/h4-5,8-10,12,27H,11H2,1-3H3,(H2,22,26)/t12-,21?/m0/s1. The van der Waals surface area contributed by atoms with E-state index < -0.39 is 11.5 Å². The minimum atomic E-state index is -1.47. The lowest BCUT2D eigenvalue weighted by Gasteiger charge is -2.12. The highest BCUT2D eigenvalue weighted by Crippen LogP contribution is 2.32. The minimum Gasteiger partial charge on any atom is -0.491 e. The van der Waals surface area contributed by atoms with Crippen LogP contribution in [0.2, 0.25) is 0 Å². The fourth-order valence-corrected chi connectivity index (χ4v) is 3.10. The van der Waals surface area contributed by atoms with Crippen LogP contribution < -0.4 is 10.5 Å². The number of benzene rings is 1. The van der Waals surface area contributed by atoms with E-state index in [0.29, 0.717) is 35.1 Å². The molecule has 3 N–H and O–H groups in total. The van der Waals surface area contributed by atoms with E-state index in [1.54, 1.807) is 48.9 Å². The molecule has 0 bridgehead atoms. The van der Waals surface area contributed by atoms with Gasteiger partial charge < -0.3 is 20.1 Å². The largest absolute Gasteiger partial charge is 0.491 e. The number of ether oxygens (including phenoxy) is 1. The van der Waals surface area contributed by atoms with E-state index in [2.05, 4.69) is 22.1 Å². The van der Waals surface area contributed by atoms with E-state index in [9.17, 15) is 9.90 Å². The van der Waals surface area contributed by atoms with Crippen molar-refractivity contribution in [1.29, 1.82) is 0 Å². The third-order valence-electron chi connectivity index (χ3n) is 4.75. The number of primary amides is 1. The van der Waals surface area contributed by atoms with Crippen LogP contribution in [0, 0.1) is 18.8 Å². The summed E-state index contributed by atoms with van der Waals surface area (Å²) in [7, 11) is 0. The van der Waals surface area contributed by atoms with Crippen molar-refractivity contribution in [3.05, 3.63) is 58.7 Å². The second kappa shape index (κ2) is 6.79. The highest BCUT2D eigenvalue weighted by Gasteiger charge is 2.26. The third-order valence-corrected chi connectivity index (χ3v) is 4.75. The maximum atomic E-state index is 11.6. The zero-order valence-corrected chi connectivity index (χ0v) is 16.3. The van der Waals surface area contributed by atoms with Crippen molar-refractivity contribution in [3.63, 3.8) is 0 Å². The summed E-state index contributed by atoms with van der Waals surface area (Å²) in [6, 6.07) is 8.71. The molecule has 1 amide bonds. The number of aryl methyl sites for hydroxylation is 1. The van der Waals surface area contributed by atoms with Gasteiger partial charge in [-0.25, -0.2) is 4.68 Å². The molecular weight excluding hydrogens is 372 g/mol. The second-order valence-electron chi connectivity index (χ2n) is 7.27. The van der Waals surface area contributed by atoms with Crippen molar-refractivity contribution in [1.82, 2.24) is 14.9 Å². The van der Waals surface area contributed by atoms with Crippen molar-refractivity contribution in [2.24, 2.45) is 5.73 Å². The molecule has 0 saturated heterocycles. The highest BCUT2D eigenvalue weighted by molar-refractivity contribution is 5.91. The van der Waals surface area contributed by atoms with E-state index >= 15 is 0 Å². The van der Waals surface area contributed by atoms with Crippen molar-refractivity contribution < 1.29 is 19.2 Å². The van der Waals surface area contributed by atoms with Gasteiger partial charge in [-0.15, -0.1) is 0 Å². The molecule has 3 aromatic rings. The first-order valence-corrected chi connectivity index (χ1v) is 9.11. The molecule has 29 heavy (non-hydrogen) atoms. The first kappa shape index (κ1) is 18.8. The maximum absolute atomic E-state index is 11.6. The average molecular weight is 392 g/mol. The zero-order valence-electron chi connectivity index (χ0n) is 16.3. The van der Waals surface area contributed by atoms with E-state index in [0.717, 1.165) is 5.69 Å². The Hall–Kier alpha value is -3.57. The number of carbonyl (C=O) groups is 1. The molecule has 0 saturated carbocycles. The molecule has 8 nitrogen and oxygen atoms in total. The van der Waals surface area contributed by atoms with Crippen LogP contribution in [0.5, 0.6) is 5.75 Å². The lowest BCUT2D eigenvalue weighted by Crippen LogP contribution is -2.18. The number of amides is 1. The van der Waals surface area contributed by atoms with E-state index in [1.807, 2.05) is 6.92 Å². The molecule has 1 aliphatic rings. The Morgan fingerprint density at radius 3 is 2.86 bits per heavy atom. The number of aliphatic hydroxyl groups is 1. The van der Waals surface area contributed by atoms with Crippen LogP contribution in [-0.2, 0) is 5.60 Å². The second-order valence-corrected chi connectivity index (χ2v) is 7.27. The number of carbonyl (C=O) groups excluding carboxylic acids is 1. The van der Waals surface area contributed by atoms with E-state index in [1.165, 1.54) is 0 Å². The topological polar surface area (TPSA) is 116 Å². The van der Waals surface area contributed by atoms with Gasteiger partial charge in [0, 0.05) is 17.5 Å². The summed E-state index contributed by atoms with van der Waals surface area (Å²) in [6.07, 6.45) is 0. The van der Waals surface area contributed by atoms with Gasteiger partial charge in [0.25, 0.3) is 5.91 Å². The Morgan fingerprint density at radius 2 is 2.17 bits per heavy atom. The Kier molecular flexibility index (Phi) is 4.40. The van der Waals surface area contributed by atoms with Crippen molar-refractivity contribution >= 4 is 5.91 Å². The molecule has 1 unspecified atom stereocenters. The van der Waals surface area contributed by atoms with Crippen LogP contribution in [-0.4, -0.2) is 32.6 Å². The van der Waals surface area contributed by atoms with Crippen LogP contribution in [0.25, 0.3) is 5.69 Å². The Balaban J connectivity index is 1.76. The molecule has 2 atom stereocenters. The molecule has 8 heteroatoms. The normalized spacial score (nSPS) is 17.0. The minimum absolute atomic E-state index is 0.0219. The average Bonchev–Trinajstić information content (AvgIpc) is 3.29. The fourth-order valence-electron chi connectivity index (χ4n) is 3.10. The zero-order chi connectivity index (χ0) is 20.8. The molecule has 4 rings (SSSR count). The molecule has 2 aromatic heterocycles. The number of hydrogen-bond acceptors (Lipinski definition) is 6. The lowest BCUT2D eigenvalue weighted by molar-refractivity contribution is 0.0995. The summed E-state index contributed by atoms with van der Waals surface area (Å²) in [5, 5.41) is 18.8.